The fourth-order valence-electron chi connectivity index (χ4n) is 1.12. The van der Waals surface area contributed by atoms with Crippen molar-refractivity contribution in [3.63, 3.8) is 0 Å². The van der Waals surface area contributed by atoms with Crippen LogP contribution in [0.25, 0.3) is 0 Å². The molecule has 3 nitrogen and oxygen atoms in total. The number of nitrogens with two attached hydrogens (primary N) is 1. The topological polar surface area (TPSA) is 44.5 Å². The molecule has 0 unspecified atom stereocenters. The van der Waals surface area contributed by atoms with Crippen molar-refractivity contribution < 1.29 is 28.7 Å². The van der Waals surface area contributed by atoms with E-state index in [1.54, 1.807) is 0 Å². The van der Waals surface area contributed by atoms with Gasteiger partial charge in [0, 0.05) is 11.0 Å². The maximum Gasteiger partial charge on any atom is 0.122 e. The van der Waals surface area contributed by atoms with Gasteiger partial charge in [0.25, 0.3) is 0 Å². The fourth-order valence-corrected chi connectivity index (χ4v) is 1.12. The van der Waals surface area contributed by atoms with Crippen LogP contribution >= 0.6 is 0 Å². The Morgan fingerprint density at radius 3 is 3.12 bits per heavy atom. The maximum atomic E-state index is 8.24. The van der Waals surface area contributed by atoms with E-state index in [0.717, 1.165) is 6.07 Å². The van der Waals surface area contributed by atoms with Gasteiger partial charge in [-0.25, -0.2) is 0 Å². The van der Waals surface area contributed by atoms with Gasteiger partial charge in [-0.3, -0.25) is 0 Å². The van der Waals surface area contributed by atoms with Crippen molar-refractivity contribution in [3.05, 3.63) is 35.8 Å². The predicted molar refractivity (Wildman–Crippen MR) is 66.2 cm³/mol. The third kappa shape index (κ3) is 2.76. The number of aryl methyl sites for hydroxylation is 1. The summed E-state index contributed by atoms with van der Waals surface area (Å²) >= 11 is 0. The lowest BCUT2D eigenvalue weighted by Gasteiger charge is -2.13. The second-order valence-corrected chi connectivity index (χ2v) is 2.70. The van der Waals surface area contributed by atoms with E-state index in [4.69, 9.17) is 34.4 Å². The molecule has 3 heteroatoms. The van der Waals surface area contributed by atoms with Crippen LogP contribution in [0.5, 0.6) is 11.5 Å². The van der Waals surface area contributed by atoms with Gasteiger partial charge in [0.2, 0.25) is 0 Å². The third-order valence-corrected chi connectivity index (χ3v) is 1.77. The van der Waals surface area contributed by atoms with E-state index in [2.05, 4.69) is 0 Å². The first-order valence-corrected chi connectivity index (χ1v) is 4.14. The minimum Gasteiger partial charge on any atom is -0.496 e. The summed E-state index contributed by atoms with van der Waals surface area (Å²) in [6.45, 7) is -3.73. The summed E-state index contributed by atoms with van der Waals surface area (Å²) in [6, 6.07) is -1.55. The molecule has 0 fully saturated rings. The van der Waals surface area contributed by atoms with E-state index in [9.17, 15) is 0 Å². The largest absolute Gasteiger partial charge is 0.496 e. The molecule has 0 aliphatic heterocycles. The van der Waals surface area contributed by atoms with E-state index in [0.29, 0.717) is 0 Å². The summed E-state index contributed by atoms with van der Waals surface area (Å²) in [5.74, 6) is -1.67. The second-order valence-electron chi connectivity index (χ2n) is 2.70. The Morgan fingerprint density at radius 1 is 1.62 bits per heavy atom. The van der Waals surface area contributed by atoms with Crippen LogP contribution < -0.4 is 15.2 Å². The molecule has 0 aliphatic carbocycles. The van der Waals surface area contributed by atoms with E-state index >= 15 is 0 Å². The smallest absolute Gasteiger partial charge is 0.122 e. The lowest BCUT2D eigenvalue weighted by atomic mass is 10.0. The highest BCUT2D eigenvalue weighted by molar-refractivity contribution is 5.47. The number of hydrogen-bond donors (Lipinski definition) is 1. The normalized spacial score (nSPS) is 25.8. The van der Waals surface area contributed by atoms with Crippen molar-refractivity contribution in [2.45, 2.75) is 12.8 Å². The van der Waals surface area contributed by atoms with Crippen LogP contribution in [0.15, 0.2) is 24.7 Å². The second kappa shape index (κ2) is 6.18. The number of ether oxygens (including phenoxy) is 2. The molecule has 1 aromatic carbocycles. The van der Waals surface area contributed by atoms with Crippen LogP contribution in [0.1, 0.15) is 30.3 Å². The Balaban J connectivity index is 4.01. The molecule has 0 heterocycles. The summed E-state index contributed by atoms with van der Waals surface area (Å²) in [6.07, 6.45) is -3.87. The highest BCUT2D eigenvalue weighted by Gasteiger charge is 2.09. The minimum atomic E-state index is -3.17. The average Bonchev–Trinajstić information content (AvgIpc) is 2.45. The highest BCUT2D eigenvalue weighted by atomic mass is 16.5. The van der Waals surface area contributed by atoms with Crippen LogP contribution in [-0.4, -0.2) is 20.6 Å². The Kier molecular flexibility index (Phi) is 1.26. The monoisotopic (exact) mass is 235 g/mol. The minimum absolute atomic E-state index is 0.394. The summed E-state index contributed by atoms with van der Waals surface area (Å²) in [7, 11) is -6.32. The molecule has 2 N–H and O–H groups in total. The molecule has 0 saturated carbocycles. The molecule has 0 radical (unpaired) electrons. The van der Waals surface area contributed by atoms with Crippen molar-refractivity contribution in [2.24, 2.45) is 5.73 Å². The van der Waals surface area contributed by atoms with E-state index in [1.807, 2.05) is 0 Å². The highest BCUT2D eigenvalue weighted by Crippen LogP contribution is 2.29. The first-order valence-electron chi connectivity index (χ1n) is 11.1. The van der Waals surface area contributed by atoms with Crippen molar-refractivity contribution in [1.29, 1.82) is 0 Å². The maximum absolute atomic E-state index is 8.24. The Hall–Kier alpha value is -1.48. The Bertz CT molecular complexity index is 817. The van der Waals surface area contributed by atoms with Gasteiger partial charge in [-0.15, -0.1) is 6.53 Å². The van der Waals surface area contributed by atoms with E-state index < -0.39 is 74.6 Å². The van der Waals surface area contributed by atoms with Gasteiger partial charge in [-0.2, -0.15) is 0 Å². The van der Waals surface area contributed by atoms with Crippen LogP contribution in [0.2, 0.25) is 0 Å². The van der Waals surface area contributed by atoms with Gasteiger partial charge in [0.15, 0.2) is 0 Å². The van der Waals surface area contributed by atoms with Crippen molar-refractivity contribution in [2.75, 3.05) is 20.6 Å². The SMILES string of the molecule is [2H]C([2H])=C([2H])C([2H])([2H])c1c(OC([2H])([2H])[2H])cc(CC([2H])([2H])N)c(OC([2H])([2H])[2H])c1[2H]. The number of hydrogen-bond acceptors (Lipinski definition) is 3. The fraction of sp³-hybridized carbons (Fsp3) is 0.385. The molecule has 0 atom stereocenters. The average molecular weight is 235 g/mol. The molecular formula is C13H19NO2. The van der Waals surface area contributed by atoms with Gasteiger partial charge in [0.05, 0.1) is 27.8 Å². The summed E-state index contributed by atoms with van der Waals surface area (Å²) < 4.78 is 114. The Labute approximate surface area is 117 Å². The Morgan fingerprint density at radius 2 is 2.44 bits per heavy atom. The van der Waals surface area contributed by atoms with Gasteiger partial charge < -0.3 is 15.2 Å². The molecule has 1 aromatic rings. The molecule has 0 amide bonds. The molecule has 0 saturated heterocycles. The van der Waals surface area contributed by atoms with Crippen molar-refractivity contribution in [3.8, 4) is 11.5 Å². The van der Waals surface area contributed by atoms with Gasteiger partial charge >= 0.3 is 0 Å². The number of allylic oxidation sites excluding steroid dienone is 1. The van der Waals surface area contributed by atoms with Crippen LogP contribution in [0.4, 0.5) is 0 Å². The predicted octanol–water partition coefficient (Wildman–Crippen LogP) is 1.93. The van der Waals surface area contributed by atoms with Gasteiger partial charge in [-0.05, 0) is 37.0 Å². The first kappa shape index (κ1) is 3.26. The molecule has 16 heavy (non-hydrogen) atoms. The third-order valence-electron chi connectivity index (χ3n) is 1.77. The number of benzene rings is 1. The van der Waals surface area contributed by atoms with Crippen LogP contribution in [0.3, 0.4) is 0 Å². The van der Waals surface area contributed by atoms with Crippen LogP contribution in [0, 0.1) is 0 Å². The van der Waals surface area contributed by atoms with Gasteiger partial charge in [0.1, 0.15) is 11.5 Å². The standard InChI is InChI=1S/C13H19NO2/c1-4-5-10-8-13(16-3)11(6-7-14)9-12(10)15-2/h4,8-9H,1,5-7,14H2,2-3H3/i1D2,2D3,3D3,4D,5D2,7D2,8D. The van der Waals surface area contributed by atoms with Crippen LogP contribution in [-0.2, 0) is 12.8 Å². The first-order chi connectivity index (χ1) is 13.2. The summed E-state index contributed by atoms with van der Waals surface area (Å²) in [4.78, 5) is 0. The van der Waals surface area contributed by atoms with E-state index in [-0.39, 0.29) is 0 Å². The molecule has 0 aliphatic rings. The zero-order chi connectivity index (χ0) is 23.9. The summed E-state index contributed by atoms with van der Waals surface area (Å²) in [5, 5.41) is 0. The zero-order valence-electron chi connectivity index (χ0n) is 22.2. The molecular weight excluding hydrogens is 202 g/mol. The lowest BCUT2D eigenvalue weighted by Crippen LogP contribution is -2.05. The number of methoxy groups -OCH3 is 2. The summed E-state index contributed by atoms with van der Waals surface area (Å²) in [5.41, 5.74) is 3.94. The molecule has 88 valence electrons. The molecule has 0 bridgehead atoms. The molecule has 0 spiro atoms. The lowest BCUT2D eigenvalue weighted by molar-refractivity contribution is 0.395. The van der Waals surface area contributed by atoms with Gasteiger partial charge in [-0.1, -0.05) is 6.05 Å². The quantitative estimate of drug-likeness (QED) is 0.766. The zero-order valence-corrected chi connectivity index (χ0v) is 8.18. The van der Waals surface area contributed by atoms with E-state index in [1.165, 1.54) is 0 Å². The van der Waals surface area contributed by atoms with Crippen molar-refractivity contribution >= 4 is 0 Å². The molecule has 0 aromatic heterocycles. The number of rotatable bonds is 6. The molecule has 1 rings (SSSR count). The van der Waals surface area contributed by atoms with Crippen molar-refractivity contribution in [1.82, 2.24) is 0 Å².